The molecule has 0 spiro atoms. The highest BCUT2D eigenvalue weighted by Gasteiger charge is 2.18. The van der Waals surface area contributed by atoms with E-state index >= 15 is 0 Å². The molecule has 0 aliphatic rings. The average Bonchev–Trinajstić information content (AvgIpc) is 2.71. The summed E-state index contributed by atoms with van der Waals surface area (Å²) >= 11 is 1.60. The quantitative estimate of drug-likeness (QED) is 0.835. The van der Waals surface area contributed by atoms with E-state index in [-0.39, 0.29) is 24.9 Å². The minimum absolute atomic E-state index is 0. The normalized spacial score (nSPS) is 11.8. The fraction of sp³-hybridized carbons (Fsp3) is 0.500. The number of amides is 1. The van der Waals surface area contributed by atoms with E-state index in [9.17, 15) is 9.59 Å². The maximum absolute atomic E-state index is 11.6. The van der Waals surface area contributed by atoms with Crippen LogP contribution in [0.3, 0.4) is 0 Å². The van der Waals surface area contributed by atoms with E-state index in [1.165, 1.54) is 4.90 Å². The Morgan fingerprint density at radius 3 is 2.63 bits per heavy atom. The Morgan fingerprint density at radius 1 is 1.53 bits per heavy atom. The molecule has 0 saturated carbocycles. The lowest BCUT2D eigenvalue weighted by atomic mass is 10.3. The van der Waals surface area contributed by atoms with E-state index in [1.807, 2.05) is 18.4 Å². The molecule has 0 saturated heterocycles. The molecule has 7 heteroatoms. The summed E-state index contributed by atoms with van der Waals surface area (Å²) in [7, 11) is 1.62. The Labute approximate surface area is 123 Å². The van der Waals surface area contributed by atoms with Crippen LogP contribution in [0.25, 0.3) is 0 Å². The third kappa shape index (κ3) is 5.59. The molecule has 1 amide bonds. The maximum atomic E-state index is 11.6. The number of nitrogens with one attached hydrogen (secondary N) is 1. The highest BCUT2D eigenvalue weighted by Crippen LogP contribution is 2.14. The fourth-order valence-corrected chi connectivity index (χ4v) is 2.22. The number of carboxylic acid groups (broad SMARTS) is 1. The number of thiophene rings is 1. The molecule has 0 fully saturated rings. The second-order valence-corrected chi connectivity index (χ2v) is 5.23. The monoisotopic (exact) mass is 306 g/mol. The van der Waals surface area contributed by atoms with E-state index < -0.39 is 12.0 Å². The lowest BCUT2D eigenvalue weighted by molar-refractivity contribution is -0.142. The molecule has 19 heavy (non-hydrogen) atoms. The van der Waals surface area contributed by atoms with Gasteiger partial charge in [0.2, 0.25) is 5.91 Å². The zero-order valence-electron chi connectivity index (χ0n) is 11.2. The predicted molar refractivity (Wildman–Crippen MR) is 77.9 cm³/mol. The number of hydrogen-bond donors (Lipinski definition) is 2. The number of likely N-dealkylation sites (N-methyl/N-ethyl adjacent to an activating group) is 1. The Morgan fingerprint density at radius 2 is 2.16 bits per heavy atom. The molecule has 1 rings (SSSR count). The van der Waals surface area contributed by atoms with E-state index in [0.29, 0.717) is 6.54 Å². The molecule has 5 nitrogen and oxygen atoms in total. The average molecular weight is 307 g/mol. The van der Waals surface area contributed by atoms with Crippen molar-refractivity contribution in [1.82, 2.24) is 10.2 Å². The number of carbonyl (C=O) groups is 2. The van der Waals surface area contributed by atoms with Gasteiger partial charge < -0.3 is 10.4 Å². The van der Waals surface area contributed by atoms with E-state index in [4.69, 9.17) is 5.11 Å². The largest absolute Gasteiger partial charge is 0.480 e. The summed E-state index contributed by atoms with van der Waals surface area (Å²) in [6, 6.07) is 1.34. The lowest BCUT2D eigenvalue weighted by Gasteiger charge is -2.20. The van der Waals surface area contributed by atoms with Crippen molar-refractivity contribution in [2.24, 2.45) is 0 Å². The number of rotatable bonds is 6. The van der Waals surface area contributed by atoms with Gasteiger partial charge in [-0.3, -0.25) is 14.5 Å². The van der Waals surface area contributed by atoms with Crippen molar-refractivity contribution >= 4 is 35.6 Å². The molecule has 2 N–H and O–H groups in total. The van der Waals surface area contributed by atoms with Gasteiger partial charge in [-0.25, -0.2) is 0 Å². The first-order valence-corrected chi connectivity index (χ1v) is 6.52. The van der Waals surface area contributed by atoms with E-state index in [0.717, 1.165) is 10.4 Å². The van der Waals surface area contributed by atoms with Crippen molar-refractivity contribution < 1.29 is 14.7 Å². The first-order valence-electron chi connectivity index (χ1n) is 5.64. The second kappa shape index (κ2) is 8.14. The molecule has 0 aromatic carbocycles. The molecule has 1 aromatic rings. The molecule has 1 atom stereocenters. The number of carboxylic acids is 1. The standard InChI is InChI=1S/C12H18N2O3S.ClH/c1-8-4-5-18-10(8)6-13-11(15)7-14(3)9(2)12(16)17;/h4-5,9H,6-7H2,1-3H3,(H,13,15)(H,16,17);1H. The van der Waals surface area contributed by atoms with E-state index in [2.05, 4.69) is 5.32 Å². The Kier molecular flexibility index (Phi) is 7.66. The van der Waals surface area contributed by atoms with Gasteiger partial charge >= 0.3 is 5.97 Å². The van der Waals surface area contributed by atoms with Crippen molar-refractivity contribution in [3.63, 3.8) is 0 Å². The predicted octanol–water partition coefficient (Wildman–Crippen LogP) is 1.50. The number of nitrogens with zero attached hydrogens (tertiary/aromatic N) is 1. The highest BCUT2D eigenvalue weighted by molar-refractivity contribution is 7.10. The summed E-state index contributed by atoms with van der Waals surface area (Å²) in [6.07, 6.45) is 0. The van der Waals surface area contributed by atoms with Crippen molar-refractivity contribution in [2.45, 2.75) is 26.4 Å². The number of aliphatic carboxylic acids is 1. The van der Waals surface area contributed by atoms with Crippen molar-refractivity contribution in [1.29, 1.82) is 0 Å². The SMILES string of the molecule is Cc1ccsc1CNC(=O)CN(C)C(C)C(=O)O.Cl. The number of aryl methyl sites for hydroxylation is 1. The molecule has 0 radical (unpaired) electrons. The van der Waals surface area contributed by atoms with Crippen LogP contribution in [-0.2, 0) is 16.1 Å². The molecular weight excluding hydrogens is 288 g/mol. The third-order valence-electron chi connectivity index (χ3n) is 2.83. The van der Waals surface area contributed by atoms with Gasteiger partial charge in [-0.15, -0.1) is 23.7 Å². The van der Waals surface area contributed by atoms with Crippen LogP contribution in [-0.4, -0.2) is 41.5 Å². The van der Waals surface area contributed by atoms with Gasteiger partial charge in [-0.05, 0) is 37.9 Å². The maximum Gasteiger partial charge on any atom is 0.320 e. The first-order chi connectivity index (χ1) is 8.41. The molecule has 0 aliphatic heterocycles. The van der Waals surface area contributed by atoms with Gasteiger partial charge in [0.15, 0.2) is 0 Å². The highest BCUT2D eigenvalue weighted by atomic mass is 35.5. The van der Waals surface area contributed by atoms with Gasteiger partial charge in [0.25, 0.3) is 0 Å². The van der Waals surface area contributed by atoms with E-state index in [1.54, 1.807) is 25.3 Å². The zero-order chi connectivity index (χ0) is 13.7. The van der Waals surface area contributed by atoms with Gasteiger partial charge in [-0.1, -0.05) is 0 Å². The van der Waals surface area contributed by atoms with Crippen LogP contribution in [0, 0.1) is 6.92 Å². The molecule has 1 heterocycles. The fourth-order valence-electron chi connectivity index (χ4n) is 1.37. The lowest BCUT2D eigenvalue weighted by Crippen LogP contribution is -2.42. The summed E-state index contributed by atoms with van der Waals surface area (Å²) in [5.41, 5.74) is 1.16. The minimum Gasteiger partial charge on any atom is -0.480 e. The number of carbonyl (C=O) groups excluding carboxylic acids is 1. The Bertz CT molecular complexity index is 436. The summed E-state index contributed by atoms with van der Waals surface area (Å²) < 4.78 is 0. The van der Waals surface area contributed by atoms with Crippen LogP contribution in [0.4, 0.5) is 0 Å². The molecule has 0 bridgehead atoms. The molecule has 1 aromatic heterocycles. The van der Waals surface area contributed by atoms with Crippen LogP contribution in [0.15, 0.2) is 11.4 Å². The topological polar surface area (TPSA) is 69.6 Å². The first kappa shape index (κ1) is 17.9. The Hall–Kier alpha value is -1.11. The summed E-state index contributed by atoms with van der Waals surface area (Å²) in [4.78, 5) is 25.0. The summed E-state index contributed by atoms with van der Waals surface area (Å²) in [5, 5.41) is 13.6. The van der Waals surface area contributed by atoms with Crippen LogP contribution < -0.4 is 5.32 Å². The molecule has 1 unspecified atom stereocenters. The zero-order valence-corrected chi connectivity index (χ0v) is 12.8. The minimum atomic E-state index is -0.931. The summed E-state index contributed by atoms with van der Waals surface area (Å²) in [6.45, 7) is 4.13. The van der Waals surface area contributed by atoms with Gasteiger partial charge in [0.05, 0.1) is 13.1 Å². The molecular formula is C12H19ClN2O3S. The second-order valence-electron chi connectivity index (χ2n) is 4.23. The smallest absolute Gasteiger partial charge is 0.320 e. The van der Waals surface area contributed by atoms with Crippen molar-refractivity contribution in [3.05, 3.63) is 21.9 Å². The van der Waals surface area contributed by atoms with Gasteiger partial charge in [0, 0.05) is 4.88 Å². The van der Waals surface area contributed by atoms with Crippen LogP contribution in [0.2, 0.25) is 0 Å². The molecule has 0 aliphatic carbocycles. The Balaban J connectivity index is 0.00000324. The molecule has 108 valence electrons. The van der Waals surface area contributed by atoms with Crippen molar-refractivity contribution in [3.8, 4) is 0 Å². The van der Waals surface area contributed by atoms with Crippen LogP contribution >= 0.6 is 23.7 Å². The summed E-state index contributed by atoms with van der Waals surface area (Å²) in [5.74, 6) is -1.10. The van der Waals surface area contributed by atoms with Gasteiger partial charge in [0.1, 0.15) is 6.04 Å². The number of hydrogen-bond acceptors (Lipinski definition) is 4. The third-order valence-corrected chi connectivity index (χ3v) is 3.85. The van der Waals surface area contributed by atoms with Gasteiger partial charge in [-0.2, -0.15) is 0 Å². The number of halogens is 1. The van der Waals surface area contributed by atoms with Crippen LogP contribution in [0.5, 0.6) is 0 Å². The van der Waals surface area contributed by atoms with Crippen molar-refractivity contribution in [2.75, 3.05) is 13.6 Å². The van der Waals surface area contributed by atoms with Crippen LogP contribution in [0.1, 0.15) is 17.4 Å².